The molecule has 0 atom stereocenters. The maximum Gasteiger partial charge on any atom is 0.333 e. The summed E-state index contributed by atoms with van der Waals surface area (Å²) in [4.78, 5) is 46.7. The highest BCUT2D eigenvalue weighted by molar-refractivity contribution is 5.86. The van der Waals surface area contributed by atoms with Crippen molar-refractivity contribution in [1.82, 2.24) is 25.0 Å². The molecular weight excluding hydrogens is 859 g/mol. The molecule has 0 bridgehead atoms. The predicted molar refractivity (Wildman–Crippen MR) is 270 cm³/mol. The number of phenols is 1. The number of piperidine rings is 2. The fraction of sp³-hybridized carbons (Fsp3) is 0.691. The van der Waals surface area contributed by atoms with Crippen LogP contribution >= 0.6 is 0 Å². The lowest BCUT2D eigenvalue weighted by Crippen LogP contribution is -2.62. The molecule has 2 aliphatic rings. The van der Waals surface area contributed by atoms with Crippen molar-refractivity contribution < 1.29 is 38.5 Å². The average molecular weight is 946 g/mol. The highest BCUT2D eigenvalue weighted by atomic mass is 16.7. The van der Waals surface area contributed by atoms with Crippen LogP contribution in [0.15, 0.2) is 54.6 Å². The zero-order chi connectivity index (χ0) is 50.1. The number of nitrogens with zero attached hydrogens (tertiary/aromatic N) is 5. The van der Waals surface area contributed by atoms with Gasteiger partial charge in [0.1, 0.15) is 34.7 Å². The first-order valence-corrected chi connectivity index (χ1v) is 25.6. The Bertz CT molecular complexity index is 2010. The number of ether oxygens (including phenoxy) is 3. The van der Waals surface area contributed by atoms with Gasteiger partial charge in [-0.15, -0.1) is 15.0 Å². The summed E-state index contributed by atoms with van der Waals surface area (Å²) in [6, 6.07) is 12.6. The lowest BCUT2D eigenvalue weighted by atomic mass is 9.79. The number of esters is 3. The third-order valence-electron chi connectivity index (χ3n) is 13.7. The molecule has 0 spiro atoms. The van der Waals surface area contributed by atoms with Gasteiger partial charge < -0.3 is 19.3 Å². The van der Waals surface area contributed by atoms with Crippen molar-refractivity contribution in [1.29, 1.82) is 0 Å². The molecule has 68 heavy (non-hydrogen) atoms. The number of aromatic nitrogens is 3. The second-order valence-corrected chi connectivity index (χ2v) is 21.8. The first-order valence-electron chi connectivity index (χ1n) is 25.6. The van der Waals surface area contributed by atoms with E-state index in [1.807, 2.05) is 24.3 Å². The molecule has 0 unspecified atom stereocenters. The zero-order valence-electron chi connectivity index (χ0n) is 43.8. The highest BCUT2D eigenvalue weighted by Gasteiger charge is 2.48. The number of aromatic hydroxyl groups is 1. The SMILES string of the molecule is C=C(C)C(=O)OCCc1ccc(O)c(-n2nc3ccccc3n2)c1.CCCCCCCCON1C(C)(C)CC(OC(=O)CCCCCCCCC(=O)OC2CC(C)(C)N(C)C(C)(C)C2)CC1(C)C. The standard InChI is InChI=1S/C37H70N2O5.C18H17N3O3/c1-11-12-13-14-19-22-25-42-39-36(6,7)28-31(29-37(39,8)9)44-33(41)24-21-18-16-15-17-20-23-32(40)43-30-26-34(2,3)38(10)35(4,5)27-30;1-12(2)18(23)24-10-9-13-7-8-17(22)16(11-13)21-19-14-5-3-4-6-15(14)20-21/h30-31H,11-29H2,1-10H3;3-8,11,22H,1,9-10H2,2H3. The van der Waals surface area contributed by atoms with Crippen LogP contribution < -0.4 is 0 Å². The lowest BCUT2D eigenvalue weighted by Gasteiger charge is -2.53. The van der Waals surface area contributed by atoms with E-state index in [1.165, 1.54) is 36.9 Å². The quantitative estimate of drug-likeness (QED) is 0.0395. The molecule has 5 rings (SSSR count). The topological polar surface area (TPSA) is 146 Å². The van der Waals surface area contributed by atoms with Gasteiger partial charge in [0.05, 0.1) is 13.2 Å². The average Bonchev–Trinajstić information content (AvgIpc) is 3.68. The number of hydrogen-bond donors (Lipinski definition) is 1. The molecule has 13 nitrogen and oxygen atoms in total. The van der Waals surface area contributed by atoms with E-state index in [1.54, 1.807) is 25.1 Å². The summed E-state index contributed by atoms with van der Waals surface area (Å²) in [6.45, 7) is 26.1. The van der Waals surface area contributed by atoms with Gasteiger partial charge >= 0.3 is 17.9 Å². The number of benzene rings is 2. The number of unbranched alkanes of at least 4 members (excludes halogenated alkanes) is 10. The van der Waals surface area contributed by atoms with Gasteiger partial charge in [-0.1, -0.05) is 89.5 Å². The highest BCUT2D eigenvalue weighted by Crippen LogP contribution is 2.41. The second kappa shape index (κ2) is 26.0. The van der Waals surface area contributed by atoms with Crippen molar-refractivity contribution in [3.8, 4) is 11.4 Å². The monoisotopic (exact) mass is 946 g/mol. The Morgan fingerprint density at radius 3 is 1.65 bits per heavy atom. The third-order valence-corrected chi connectivity index (χ3v) is 13.7. The van der Waals surface area contributed by atoms with Gasteiger partial charge in [-0.3, -0.25) is 19.3 Å². The molecule has 380 valence electrons. The van der Waals surface area contributed by atoms with Crippen LogP contribution in [0.4, 0.5) is 0 Å². The van der Waals surface area contributed by atoms with Crippen LogP contribution in [0.2, 0.25) is 0 Å². The zero-order valence-corrected chi connectivity index (χ0v) is 43.8. The molecule has 13 heteroatoms. The Balaban J connectivity index is 0.000000350. The third kappa shape index (κ3) is 17.6. The first kappa shape index (κ1) is 56.3. The number of rotatable bonds is 24. The molecular formula is C55H87N5O8. The fourth-order valence-corrected chi connectivity index (χ4v) is 9.98. The van der Waals surface area contributed by atoms with Gasteiger partial charge in [-0.05, 0) is 118 Å². The van der Waals surface area contributed by atoms with Crippen molar-refractivity contribution in [3.63, 3.8) is 0 Å². The molecule has 2 aromatic carbocycles. The predicted octanol–water partition coefficient (Wildman–Crippen LogP) is 11.9. The van der Waals surface area contributed by atoms with Gasteiger partial charge in [-0.25, -0.2) is 4.79 Å². The number of carbonyl (C=O) groups excluding carboxylic acids is 3. The van der Waals surface area contributed by atoms with Gasteiger partial charge in [0.2, 0.25) is 0 Å². The summed E-state index contributed by atoms with van der Waals surface area (Å²) in [5, 5.41) is 21.0. The molecule has 0 saturated carbocycles. The van der Waals surface area contributed by atoms with Crippen LogP contribution in [0.3, 0.4) is 0 Å². The number of likely N-dealkylation sites (tertiary alicyclic amines) is 1. The summed E-state index contributed by atoms with van der Waals surface area (Å²) in [5.74, 6) is -0.464. The molecule has 0 radical (unpaired) electrons. The summed E-state index contributed by atoms with van der Waals surface area (Å²) >= 11 is 0. The largest absolute Gasteiger partial charge is 0.506 e. The Hall–Kier alpha value is -4.33. The Kier molecular flexibility index (Phi) is 21.5. The van der Waals surface area contributed by atoms with Gasteiger partial charge in [-0.2, -0.15) is 5.06 Å². The maximum absolute atomic E-state index is 12.7. The van der Waals surface area contributed by atoms with Crippen LogP contribution in [0.5, 0.6) is 5.75 Å². The van der Waals surface area contributed by atoms with E-state index in [0.717, 1.165) is 93.8 Å². The molecule has 0 amide bonds. The molecule has 2 saturated heterocycles. The van der Waals surface area contributed by atoms with Crippen molar-refractivity contribution in [2.75, 3.05) is 20.3 Å². The fourth-order valence-electron chi connectivity index (χ4n) is 9.98. The number of carbonyl (C=O) groups is 3. The number of hydroxylamine groups is 2. The summed E-state index contributed by atoms with van der Waals surface area (Å²) in [5.41, 5.74) is 2.90. The van der Waals surface area contributed by atoms with Crippen molar-refractivity contribution in [2.24, 2.45) is 0 Å². The van der Waals surface area contributed by atoms with Crippen LogP contribution in [-0.4, -0.2) is 103 Å². The van der Waals surface area contributed by atoms with Gasteiger partial charge in [0.25, 0.3) is 0 Å². The molecule has 3 heterocycles. The van der Waals surface area contributed by atoms with E-state index in [0.29, 0.717) is 30.5 Å². The lowest BCUT2D eigenvalue weighted by molar-refractivity contribution is -0.293. The van der Waals surface area contributed by atoms with Gasteiger partial charge in [0, 0.05) is 72.7 Å². The van der Waals surface area contributed by atoms with Crippen LogP contribution in [0.1, 0.15) is 190 Å². The molecule has 1 N–H and O–H groups in total. The number of phenolic OH excluding ortho intramolecular Hbond substituents is 1. The van der Waals surface area contributed by atoms with Crippen LogP contribution in [0, 0.1) is 0 Å². The van der Waals surface area contributed by atoms with E-state index in [2.05, 4.69) is 96.1 Å². The molecule has 1 aromatic heterocycles. The van der Waals surface area contributed by atoms with E-state index in [-0.39, 0.29) is 58.7 Å². The van der Waals surface area contributed by atoms with E-state index in [4.69, 9.17) is 19.0 Å². The van der Waals surface area contributed by atoms with Gasteiger partial charge in [0.15, 0.2) is 0 Å². The molecule has 2 fully saturated rings. The Morgan fingerprint density at radius 2 is 1.15 bits per heavy atom. The summed E-state index contributed by atoms with van der Waals surface area (Å²) in [6.07, 6.45) is 18.2. The maximum atomic E-state index is 12.7. The molecule has 0 aliphatic carbocycles. The van der Waals surface area contributed by atoms with E-state index < -0.39 is 5.97 Å². The van der Waals surface area contributed by atoms with Crippen LogP contribution in [0.25, 0.3) is 16.7 Å². The summed E-state index contributed by atoms with van der Waals surface area (Å²) < 4.78 is 17.0. The Morgan fingerprint density at radius 1 is 0.676 bits per heavy atom. The van der Waals surface area contributed by atoms with E-state index in [9.17, 15) is 19.5 Å². The van der Waals surface area contributed by atoms with Crippen molar-refractivity contribution in [3.05, 3.63) is 60.2 Å². The number of hydrogen-bond acceptors (Lipinski definition) is 12. The van der Waals surface area contributed by atoms with Crippen molar-refractivity contribution >= 4 is 28.9 Å². The minimum atomic E-state index is -0.408. The van der Waals surface area contributed by atoms with Crippen LogP contribution in [-0.2, 0) is 39.9 Å². The molecule has 3 aromatic rings. The Labute approximate surface area is 408 Å². The first-order chi connectivity index (χ1) is 32.0. The number of fused-ring (bicyclic) bond motifs is 1. The minimum Gasteiger partial charge on any atom is -0.506 e. The minimum absolute atomic E-state index is 0.00335. The normalized spacial score (nSPS) is 18.1. The summed E-state index contributed by atoms with van der Waals surface area (Å²) in [7, 11) is 2.17. The molecule has 2 aliphatic heterocycles. The second-order valence-electron chi connectivity index (χ2n) is 21.8. The smallest absolute Gasteiger partial charge is 0.333 e. The van der Waals surface area contributed by atoms with E-state index >= 15 is 0 Å². The van der Waals surface area contributed by atoms with Crippen molar-refractivity contribution in [2.45, 2.75) is 226 Å².